The van der Waals surface area contributed by atoms with Crippen LogP contribution in [0.15, 0.2) is 67.0 Å². The number of nitro groups is 1. The number of thiocarbonyl (C=S) groups is 1. The predicted molar refractivity (Wildman–Crippen MR) is 132 cm³/mol. The minimum absolute atomic E-state index is 0.0580. The number of pyridine rings is 1. The second-order valence-corrected chi connectivity index (χ2v) is 8.74. The predicted octanol–water partition coefficient (Wildman–Crippen LogP) is 3.09. The smallest absolute Gasteiger partial charge is 0.271 e. The van der Waals surface area contributed by atoms with E-state index >= 15 is 0 Å². The molecule has 34 heavy (non-hydrogen) atoms. The van der Waals surface area contributed by atoms with Crippen LogP contribution in [-0.2, 0) is 4.74 Å². The van der Waals surface area contributed by atoms with Crippen molar-refractivity contribution in [2.45, 2.75) is 12.1 Å². The largest absolute Gasteiger partial charge is 0.379 e. The maximum Gasteiger partial charge on any atom is 0.271 e. The van der Waals surface area contributed by atoms with Crippen LogP contribution in [0.2, 0.25) is 0 Å². The van der Waals surface area contributed by atoms with Gasteiger partial charge in [0.05, 0.1) is 41.6 Å². The average Bonchev–Trinajstić information content (AvgIpc) is 3.48. The number of non-ortho nitro benzene ring substituents is 1. The second-order valence-electron chi connectivity index (χ2n) is 8.35. The van der Waals surface area contributed by atoms with E-state index in [2.05, 4.69) is 26.2 Å². The lowest BCUT2D eigenvalue weighted by Crippen LogP contribution is -2.42. The number of aromatic nitrogens is 2. The maximum absolute atomic E-state index is 11.4. The van der Waals surface area contributed by atoms with Crippen LogP contribution in [0.3, 0.4) is 0 Å². The SMILES string of the molecule is O=[N+]([O-])c1cccc(-n2cccc2[C@H]2[C@H](c3ccccn3)NC(=S)N2CCN2CCOCC2)c1. The molecule has 2 atom stereocenters. The molecule has 2 saturated heterocycles. The molecular weight excluding hydrogens is 452 g/mol. The first-order chi connectivity index (χ1) is 16.6. The summed E-state index contributed by atoms with van der Waals surface area (Å²) in [5, 5.41) is 15.5. The molecular formula is C24H26N6O3S. The van der Waals surface area contributed by atoms with E-state index in [-0.39, 0.29) is 22.7 Å². The molecule has 10 heteroatoms. The molecule has 4 heterocycles. The molecule has 0 unspecified atom stereocenters. The van der Waals surface area contributed by atoms with E-state index in [1.807, 2.05) is 41.1 Å². The Bertz CT molecular complexity index is 1160. The van der Waals surface area contributed by atoms with E-state index < -0.39 is 0 Å². The summed E-state index contributed by atoms with van der Waals surface area (Å²) in [7, 11) is 0. The number of morpholine rings is 1. The lowest BCUT2D eigenvalue weighted by Gasteiger charge is -2.32. The van der Waals surface area contributed by atoms with E-state index in [0.717, 1.165) is 56.5 Å². The fraction of sp³-hybridized carbons (Fsp3) is 0.333. The lowest BCUT2D eigenvalue weighted by molar-refractivity contribution is -0.384. The molecule has 0 saturated carbocycles. The molecule has 0 amide bonds. The summed E-state index contributed by atoms with van der Waals surface area (Å²) in [6, 6.07) is 16.3. The topological polar surface area (TPSA) is 88.7 Å². The van der Waals surface area contributed by atoms with Crippen molar-refractivity contribution in [2.24, 2.45) is 0 Å². The van der Waals surface area contributed by atoms with Gasteiger partial charge in [0.1, 0.15) is 0 Å². The summed E-state index contributed by atoms with van der Waals surface area (Å²) >= 11 is 5.80. The third-order valence-electron chi connectivity index (χ3n) is 6.36. The van der Waals surface area contributed by atoms with Gasteiger partial charge in [-0.1, -0.05) is 12.1 Å². The van der Waals surface area contributed by atoms with Gasteiger partial charge < -0.3 is 19.5 Å². The Balaban J connectivity index is 1.51. The molecule has 0 spiro atoms. The zero-order valence-electron chi connectivity index (χ0n) is 18.6. The first kappa shape index (κ1) is 22.5. The Hall–Kier alpha value is -3.34. The van der Waals surface area contributed by atoms with Crippen LogP contribution in [0, 0.1) is 10.1 Å². The zero-order valence-corrected chi connectivity index (χ0v) is 19.4. The normalized spacial score (nSPS) is 20.9. The summed E-state index contributed by atoms with van der Waals surface area (Å²) in [4.78, 5) is 20.2. The monoisotopic (exact) mass is 478 g/mol. The number of hydrogen-bond acceptors (Lipinski definition) is 6. The average molecular weight is 479 g/mol. The second kappa shape index (κ2) is 9.88. The third-order valence-corrected chi connectivity index (χ3v) is 6.71. The zero-order chi connectivity index (χ0) is 23.5. The molecule has 9 nitrogen and oxygen atoms in total. The molecule has 0 radical (unpaired) electrons. The van der Waals surface area contributed by atoms with E-state index in [4.69, 9.17) is 17.0 Å². The Labute approximate surface area is 203 Å². The first-order valence-electron chi connectivity index (χ1n) is 11.3. The molecule has 0 bridgehead atoms. The van der Waals surface area contributed by atoms with Crippen LogP contribution in [0.1, 0.15) is 23.5 Å². The van der Waals surface area contributed by atoms with E-state index in [9.17, 15) is 10.1 Å². The van der Waals surface area contributed by atoms with Crippen LogP contribution in [0.4, 0.5) is 5.69 Å². The van der Waals surface area contributed by atoms with Crippen molar-refractivity contribution >= 4 is 23.0 Å². The minimum Gasteiger partial charge on any atom is -0.379 e. The molecule has 2 aliphatic heterocycles. The highest BCUT2D eigenvalue weighted by molar-refractivity contribution is 7.80. The van der Waals surface area contributed by atoms with Crippen molar-refractivity contribution in [3.8, 4) is 5.69 Å². The number of nitro benzene ring substituents is 1. The molecule has 176 valence electrons. The summed E-state index contributed by atoms with van der Waals surface area (Å²) in [5.74, 6) is 0. The van der Waals surface area contributed by atoms with Crippen LogP contribution in [0.25, 0.3) is 5.69 Å². The highest BCUT2D eigenvalue weighted by atomic mass is 32.1. The van der Waals surface area contributed by atoms with Gasteiger partial charge in [-0.05, 0) is 42.5 Å². The molecule has 2 aliphatic rings. The van der Waals surface area contributed by atoms with Crippen molar-refractivity contribution in [3.05, 3.63) is 88.5 Å². The highest BCUT2D eigenvalue weighted by Gasteiger charge is 2.41. The van der Waals surface area contributed by atoms with Crippen LogP contribution in [0.5, 0.6) is 0 Å². The molecule has 3 aromatic rings. The number of rotatable bonds is 7. The van der Waals surface area contributed by atoms with Gasteiger partial charge in [-0.25, -0.2) is 0 Å². The van der Waals surface area contributed by atoms with Crippen molar-refractivity contribution in [2.75, 3.05) is 39.4 Å². The van der Waals surface area contributed by atoms with E-state index in [1.54, 1.807) is 18.3 Å². The Kier molecular flexibility index (Phi) is 6.52. The van der Waals surface area contributed by atoms with Crippen molar-refractivity contribution in [1.82, 2.24) is 24.7 Å². The van der Waals surface area contributed by atoms with Crippen LogP contribution >= 0.6 is 12.2 Å². The van der Waals surface area contributed by atoms with Crippen molar-refractivity contribution in [1.29, 1.82) is 0 Å². The van der Waals surface area contributed by atoms with E-state index in [0.29, 0.717) is 5.11 Å². The molecule has 2 fully saturated rings. The third kappa shape index (κ3) is 4.52. The van der Waals surface area contributed by atoms with Crippen LogP contribution < -0.4 is 5.32 Å². The van der Waals surface area contributed by atoms with Crippen molar-refractivity contribution < 1.29 is 9.66 Å². The number of nitrogens with one attached hydrogen (secondary N) is 1. The number of nitrogens with zero attached hydrogens (tertiary/aromatic N) is 5. The Morgan fingerprint density at radius 1 is 1.12 bits per heavy atom. The quantitative estimate of drug-likeness (QED) is 0.315. The summed E-state index contributed by atoms with van der Waals surface area (Å²) < 4.78 is 7.49. The van der Waals surface area contributed by atoms with Gasteiger partial charge in [-0.15, -0.1) is 0 Å². The van der Waals surface area contributed by atoms with Gasteiger partial charge in [0.15, 0.2) is 5.11 Å². The van der Waals surface area contributed by atoms with Crippen LogP contribution in [-0.4, -0.2) is 68.8 Å². The molecule has 0 aliphatic carbocycles. The lowest BCUT2D eigenvalue weighted by atomic mass is 10.0. The van der Waals surface area contributed by atoms with Crippen molar-refractivity contribution in [3.63, 3.8) is 0 Å². The van der Waals surface area contributed by atoms with Gasteiger partial charge in [0.2, 0.25) is 0 Å². The number of ether oxygens (including phenoxy) is 1. The minimum atomic E-state index is -0.371. The first-order valence-corrected chi connectivity index (χ1v) is 11.7. The summed E-state index contributed by atoms with van der Waals surface area (Å²) in [6.45, 7) is 4.93. The molecule has 2 aromatic heterocycles. The van der Waals surface area contributed by atoms with E-state index in [1.165, 1.54) is 6.07 Å². The Morgan fingerprint density at radius 2 is 1.97 bits per heavy atom. The molecule has 1 aromatic carbocycles. The van der Waals surface area contributed by atoms with Gasteiger partial charge in [-0.2, -0.15) is 0 Å². The maximum atomic E-state index is 11.4. The highest BCUT2D eigenvalue weighted by Crippen LogP contribution is 2.39. The number of benzene rings is 1. The Morgan fingerprint density at radius 3 is 2.74 bits per heavy atom. The summed E-state index contributed by atoms with van der Waals surface area (Å²) in [5.41, 5.74) is 2.68. The molecule has 5 rings (SSSR count). The van der Waals surface area contributed by atoms with Gasteiger partial charge >= 0.3 is 0 Å². The molecule has 1 N–H and O–H groups in total. The standard InChI is InChI=1S/C24H26N6O3S/c31-30(32)19-6-3-5-18(17-19)28-10-4-8-21(28)23-22(20-7-1-2-9-25-20)26-24(34)29(23)12-11-27-13-15-33-16-14-27/h1-10,17,22-23H,11-16H2,(H,26,34)/t22-,23-/m0/s1. The fourth-order valence-corrected chi connectivity index (χ4v) is 5.00. The fourth-order valence-electron chi connectivity index (χ4n) is 4.67. The summed E-state index contributed by atoms with van der Waals surface area (Å²) in [6.07, 6.45) is 3.72. The van der Waals surface area contributed by atoms with Gasteiger partial charge in [0.25, 0.3) is 5.69 Å². The number of hydrogen-bond donors (Lipinski definition) is 1. The van der Waals surface area contributed by atoms with Gasteiger partial charge in [0, 0.05) is 56.4 Å². The van der Waals surface area contributed by atoms with Gasteiger partial charge in [-0.3, -0.25) is 20.0 Å².